The maximum Gasteiger partial charge on any atom is 0.147 e. The molecule has 0 bridgehead atoms. The van der Waals surface area contributed by atoms with Crippen LogP contribution in [0.3, 0.4) is 0 Å². The van der Waals surface area contributed by atoms with E-state index in [0.717, 1.165) is 16.9 Å². The van der Waals surface area contributed by atoms with Gasteiger partial charge in [-0.3, -0.25) is 0 Å². The summed E-state index contributed by atoms with van der Waals surface area (Å²) in [6.45, 7) is 4.26. The molecule has 0 aliphatic rings. The summed E-state index contributed by atoms with van der Waals surface area (Å²) in [5.41, 5.74) is 7.90. The van der Waals surface area contributed by atoms with Crippen molar-refractivity contribution in [3.63, 3.8) is 0 Å². The molecular formula is C13H21NO3S. The molecule has 0 radical (unpaired) electrons. The Morgan fingerprint density at radius 3 is 2.61 bits per heavy atom. The van der Waals surface area contributed by atoms with E-state index in [1.54, 1.807) is 0 Å². The first-order valence-electron chi connectivity index (χ1n) is 5.96. The zero-order valence-electron chi connectivity index (χ0n) is 11.1. The van der Waals surface area contributed by atoms with Crippen molar-refractivity contribution in [1.29, 1.82) is 0 Å². The molecule has 0 aliphatic carbocycles. The molecule has 1 atom stereocenters. The van der Waals surface area contributed by atoms with Gasteiger partial charge in [0, 0.05) is 17.9 Å². The van der Waals surface area contributed by atoms with Gasteiger partial charge in [-0.1, -0.05) is 12.1 Å². The number of ether oxygens (including phenoxy) is 1. The number of benzene rings is 1. The number of aryl methyl sites for hydroxylation is 1. The molecule has 0 saturated carbocycles. The fourth-order valence-electron chi connectivity index (χ4n) is 1.65. The molecule has 4 nitrogen and oxygen atoms in total. The van der Waals surface area contributed by atoms with E-state index in [9.17, 15) is 8.42 Å². The van der Waals surface area contributed by atoms with Crippen molar-refractivity contribution in [3.8, 4) is 5.75 Å². The minimum absolute atomic E-state index is 0.101. The monoisotopic (exact) mass is 271 g/mol. The molecule has 0 unspecified atom stereocenters. The quantitative estimate of drug-likeness (QED) is 0.801. The van der Waals surface area contributed by atoms with Crippen LogP contribution in [0.1, 0.15) is 30.5 Å². The maximum absolute atomic E-state index is 11.0. The van der Waals surface area contributed by atoms with Crippen molar-refractivity contribution < 1.29 is 13.2 Å². The van der Waals surface area contributed by atoms with Crippen molar-refractivity contribution in [1.82, 2.24) is 0 Å². The molecule has 1 aromatic carbocycles. The normalized spacial score (nSPS) is 13.3. The maximum atomic E-state index is 11.0. The van der Waals surface area contributed by atoms with Gasteiger partial charge in [-0.05, 0) is 31.9 Å². The number of sulfone groups is 1. The van der Waals surface area contributed by atoms with E-state index in [1.165, 1.54) is 6.26 Å². The van der Waals surface area contributed by atoms with E-state index in [1.807, 2.05) is 32.0 Å². The highest BCUT2D eigenvalue weighted by atomic mass is 32.2. The van der Waals surface area contributed by atoms with Crippen molar-refractivity contribution in [2.75, 3.05) is 18.6 Å². The van der Waals surface area contributed by atoms with E-state index in [0.29, 0.717) is 13.0 Å². The highest BCUT2D eigenvalue weighted by Gasteiger charge is 2.09. The molecule has 0 fully saturated rings. The Kier molecular flexibility index (Phi) is 5.16. The molecule has 0 aliphatic heterocycles. The van der Waals surface area contributed by atoms with Crippen LogP contribution in [0.2, 0.25) is 0 Å². The molecular weight excluding hydrogens is 250 g/mol. The Morgan fingerprint density at radius 1 is 1.39 bits per heavy atom. The van der Waals surface area contributed by atoms with Gasteiger partial charge >= 0.3 is 0 Å². The van der Waals surface area contributed by atoms with Gasteiger partial charge < -0.3 is 10.5 Å². The lowest BCUT2D eigenvalue weighted by Gasteiger charge is -2.14. The fraction of sp³-hybridized carbons (Fsp3) is 0.538. The van der Waals surface area contributed by atoms with Crippen LogP contribution in [0.15, 0.2) is 18.2 Å². The summed E-state index contributed by atoms with van der Waals surface area (Å²) in [5, 5.41) is 0. The predicted molar refractivity (Wildman–Crippen MR) is 73.6 cm³/mol. The average molecular weight is 271 g/mol. The summed E-state index contributed by atoms with van der Waals surface area (Å²) in [7, 11) is -2.92. The first kappa shape index (κ1) is 15.0. The zero-order valence-corrected chi connectivity index (χ0v) is 12.0. The molecule has 2 N–H and O–H groups in total. The summed E-state index contributed by atoms with van der Waals surface area (Å²) in [5.74, 6) is 0.894. The molecule has 18 heavy (non-hydrogen) atoms. The zero-order chi connectivity index (χ0) is 13.8. The summed E-state index contributed by atoms with van der Waals surface area (Å²) >= 11 is 0. The van der Waals surface area contributed by atoms with Crippen LogP contribution in [0.4, 0.5) is 0 Å². The smallest absolute Gasteiger partial charge is 0.147 e. The fourth-order valence-corrected chi connectivity index (χ4v) is 2.29. The van der Waals surface area contributed by atoms with Gasteiger partial charge in [-0.25, -0.2) is 8.42 Å². The van der Waals surface area contributed by atoms with Crippen LogP contribution < -0.4 is 10.5 Å². The molecule has 1 aromatic rings. The largest absolute Gasteiger partial charge is 0.493 e. The van der Waals surface area contributed by atoms with Crippen LogP contribution in [0.5, 0.6) is 5.75 Å². The van der Waals surface area contributed by atoms with Crippen LogP contribution in [0.25, 0.3) is 0 Å². The van der Waals surface area contributed by atoms with Crippen LogP contribution in [-0.2, 0) is 9.84 Å². The number of hydrogen-bond acceptors (Lipinski definition) is 4. The van der Waals surface area contributed by atoms with Gasteiger partial charge in [-0.15, -0.1) is 0 Å². The van der Waals surface area contributed by atoms with Crippen LogP contribution >= 0.6 is 0 Å². The highest BCUT2D eigenvalue weighted by Crippen LogP contribution is 2.25. The Balaban J connectivity index is 2.63. The SMILES string of the molecule is Cc1ccc([C@@H](C)N)c(OCCCS(C)(=O)=O)c1. The molecule has 1 rings (SSSR count). The molecule has 0 aromatic heterocycles. The van der Waals surface area contributed by atoms with Gasteiger partial charge in [0.1, 0.15) is 15.6 Å². The summed E-state index contributed by atoms with van der Waals surface area (Å²) < 4.78 is 27.6. The lowest BCUT2D eigenvalue weighted by Crippen LogP contribution is -2.11. The molecule has 0 heterocycles. The Hall–Kier alpha value is -1.07. The minimum atomic E-state index is -2.92. The lowest BCUT2D eigenvalue weighted by molar-refractivity contribution is 0.313. The van der Waals surface area contributed by atoms with E-state index in [-0.39, 0.29) is 11.8 Å². The van der Waals surface area contributed by atoms with Gasteiger partial charge in [0.05, 0.1) is 12.4 Å². The molecule has 0 spiro atoms. The second kappa shape index (κ2) is 6.20. The van der Waals surface area contributed by atoms with Gasteiger partial charge in [0.15, 0.2) is 0 Å². The van der Waals surface area contributed by atoms with Crippen LogP contribution in [-0.4, -0.2) is 27.0 Å². The number of hydrogen-bond donors (Lipinski definition) is 1. The van der Waals surface area contributed by atoms with E-state index >= 15 is 0 Å². The third kappa shape index (κ3) is 5.06. The van der Waals surface area contributed by atoms with Crippen molar-refractivity contribution in [2.45, 2.75) is 26.3 Å². The Bertz CT molecular complexity index is 495. The first-order chi connectivity index (χ1) is 8.29. The summed E-state index contributed by atoms with van der Waals surface area (Å²) in [6, 6.07) is 5.77. The average Bonchev–Trinajstić information content (AvgIpc) is 2.22. The van der Waals surface area contributed by atoms with Gasteiger partial charge in [-0.2, -0.15) is 0 Å². The summed E-state index contributed by atoms with van der Waals surface area (Å²) in [4.78, 5) is 0. The number of nitrogens with two attached hydrogens (primary N) is 1. The second-order valence-corrected chi connectivity index (χ2v) is 6.92. The van der Waals surface area contributed by atoms with E-state index in [4.69, 9.17) is 10.5 Å². The van der Waals surface area contributed by atoms with Crippen LogP contribution in [0, 0.1) is 6.92 Å². The number of rotatable bonds is 6. The summed E-state index contributed by atoms with van der Waals surface area (Å²) in [6.07, 6.45) is 1.72. The third-order valence-electron chi connectivity index (χ3n) is 2.58. The third-order valence-corrected chi connectivity index (χ3v) is 3.61. The molecule has 0 saturated heterocycles. The first-order valence-corrected chi connectivity index (χ1v) is 8.02. The van der Waals surface area contributed by atoms with Gasteiger partial charge in [0.2, 0.25) is 0 Å². The minimum Gasteiger partial charge on any atom is -0.493 e. The lowest BCUT2D eigenvalue weighted by atomic mass is 10.1. The highest BCUT2D eigenvalue weighted by molar-refractivity contribution is 7.90. The van der Waals surface area contributed by atoms with Crippen molar-refractivity contribution in [3.05, 3.63) is 29.3 Å². The van der Waals surface area contributed by atoms with Crippen molar-refractivity contribution in [2.24, 2.45) is 5.73 Å². The molecule has 102 valence electrons. The predicted octanol–water partition coefficient (Wildman–Crippen LogP) is 1.83. The second-order valence-electron chi connectivity index (χ2n) is 4.66. The van der Waals surface area contributed by atoms with Crippen molar-refractivity contribution >= 4 is 9.84 Å². The Morgan fingerprint density at radius 2 is 2.06 bits per heavy atom. The molecule has 5 heteroatoms. The standard InChI is InChI=1S/C13H21NO3S/c1-10-5-6-12(11(2)14)13(9-10)17-7-4-8-18(3,15)16/h5-6,9,11H,4,7-8,14H2,1-3H3/t11-/m1/s1. The topological polar surface area (TPSA) is 69.4 Å². The van der Waals surface area contributed by atoms with E-state index in [2.05, 4.69) is 0 Å². The van der Waals surface area contributed by atoms with E-state index < -0.39 is 9.84 Å². The Labute approximate surface area is 109 Å². The molecule has 0 amide bonds. The van der Waals surface area contributed by atoms with Gasteiger partial charge in [0.25, 0.3) is 0 Å².